The highest BCUT2D eigenvalue weighted by Gasteiger charge is 2.14. The van der Waals surface area contributed by atoms with E-state index in [1.807, 2.05) is 32.1 Å². The van der Waals surface area contributed by atoms with Crippen molar-refractivity contribution in [2.24, 2.45) is 0 Å². The molecule has 1 aliphatic carbocycles. The Morgan fingerprint density at radius 2 is 2.09 bits per heavy atom. The van der Waals surface area contributed by atoms with E-state index in [-0.39, 0.29) is 5.97 Å². The highest BCUT2D eigenvalue weighted by molar-refractivity contribution is 5.89. The zero-order valence-corrected chi connectivity index (χ0v) is 13.3. The fourth-order valence-electron chi connectivity index (χ4n) is 2.22. The average Bonchev–Trinajstić information content (AvgIpc) is 2.51. The fraction of sp³-hybridized carbons (Fsp3) is 0.263. The van der Waals surface area contributed by atoms with Crippen molar-refractivity contribution in [2.75, 3.05) is 7.11 Å². The lowest BCUT2D eigenvalue weighted by Gasteiger charge is -2.14. The molecule has 0 unspecified atom stereocenters. The number of rotatable bonds is 4. The van der Waals surface area contributed by atoms with Gasteiger partial charge in [-0.2, -0.15) is 5.26 Å². The van der Waals surface area contributed by atoms with Crippen LogP contribution < -0.4 is 0 Å². The molecule has 22 heavy (non-hydrogen) atoms. The summed E-state index contributed by atoms with van der Waals surface area (Å²) in [7, 11) is 1.37. The monoisotopic (exact) mass is 295 g/mol. The molecule has 0 aliphatic heterocycles. The Kier molecular flexibility index (Phi) is 6.85. The van der Waals surface area contributed by atoms with E-state index in [1.54, 1.807) is 18.2 Å². The van der Waals surface area contributed by atoms with E-state index in [1.165, 1.54) is 7.11 Å². The quantitative estimate of drug-likeness (QED) is 0.335. The van der Waals surface area contributed by atoms with E-state index in [2.05, 4.69) is 12.6 Å². The number of hydrogen-bond acceptors (Lipinski definition) is 3. The third kappa shape index (κ3) is 4.46. The maximum atomic E-state index is 11.7. The summed E-state index contributed by atoms with van der Waals surface area (Å²) >= 11 is 0. The standard InChI is InChI=1S/C19H21NO2/c1-5-7-18(15(6-2)13-20)17-11-10-16(19(21)22-4)9-8-14(3)12-17/h5-8,10-11H,1,9,12H2,2-4H3/b14-8-,15-6-,16-10+,17-11-,18-7+. The van der Waals surface area contributed by atoms with Crippen LogP contribution in [0.5, 0.6) is 0 Å². The molecule has 0 heterocycles. The van der Waals surface area contributed by atoms with Crippen LogP contribution in [0.2, 0.25) is 0 Å². The van der Waals surface area contributed by atoms with Gasteiger partial charge in [0.2, 0.25) is 0 Å². The van der Waals surface area contributed by atoms with Crippen molar-refractivity contribution in [3.05, 3.63) is 70.9 Å². The van der Waals surface area contributed by atoms with E-state index in [4.69, 9.17) is 4.74 Å². The molecule has 0 saturated carbocycles. The lowest BCUT2D eigenvalue weighted by atomic mass is 9.90. The molecular formula is C19H21NO2. The largest absolute Gasteiger partial charge is 0.466 e. The summed E-state index contributed by atoms with van der Waals surface area (Å²) in [4.78, 5) is 11.7. The molecular weight excluding hydrogens is 274 g/mol. The molecule has 0 N–H and O–H groups in total. The van der Waals surface area contributed by atoms with Crippen LogP contribution in [0.3, 0.4) is 0 Å². The zero-order chi connectivity index (χ0) is 16.5. The molecule has 3 nitrogen and oxygen atoms in total. The molecule has 0 spiro atoms. The molecule has 0 aromatic rings. The first-order valence-electron chi connectivity index (χ1n) is 7.10. The van der Waals surface area contributed by atoms with Gasteiger partial charge >= 0.3 is 5.97 Å². The Hall–Kier alpha value is -2.60. The SMILES string of the molecule is C=C/C=C(C1=C\C=C(\C(=O)OC)C/C=C(/C)C\1)\C(C#N)=C/C. The smallest absolute Gasteiger partial charge is 0.334 e. The molecule has 0 atom stereocenters. The minimum Gasteiger partial charge on any atom is -0.466 e. The van der Waals surface area contributed by atoms with Crippen LogP contribution in [0.25, 0.3) is 0 Å². The second kappa shape index (κ2) is 8.63. The van der Waals surface area contributed by atoms with E-state index >= 15 is 0 Å². The predicted molar refractivity (Wildman–Crippen MR) is 88.8 cm³/mol. The summed E-state index contributed by atoms with van der Waals surface area (Å²) < 4.78 is 4.79. The Bertz CT molecular complexity index is 649. The molecule has 1 aliphatic rings. The molecule has 0 radical (unpaired) electrons. The van der Waals surface area contributed by atoms with Crippen molar-refractivity contribution in [3.63, 3.8) is 0 Å². The lowest BCUT2D eigenvalue weighted by molar-refractivity contribution is -0.136. The molecule has 1 rings (SSSR count). The van der Waals surface area contributed by atoms with Crippen LogP contribution >= 0.6 is 0 Å². The summed E-state index contributed by atoms with van der Waals surface area (Å²) in [6.07, 6.45) is 12.2. The zero-order valence-electron chi connectivity index (χ0n) is 13.3. The van der Waals surface area contributed by atoms with Gasteiger partial charge in [0.1, 0.15) is 0 Å². The van der Waals surface area contributed by atoms with Gasteiger partial charge in [0.05, 0.1) is 18.8 Å². The summed E-state index contributed by atoms with van der Waals surface area (Å²) in [5.74, 6) is -0.331. The Morgan fingerprint density at radius 1 is 1.41 bits per heavy atom. The number of carbonyl (C=O) groups excluding carboxylic acids is 1. The maximum Gasteiger partial charge on any atom is 0.334 e. The number of allylic oxidation sites excluding steroid dienone is 10. The third-order valence-corrected chi connectivity index (χ3v) is 3.40. The van der Waals surface area contributed by atoms with Gasteiger partial charge in [0.25, 0.3) is 0 Å². The normalized spacial score (nSPS) is 23.5. The molecule has 0 saturated heterocycles. The number of hydrogen-bond donors (Lipinski definition) is 0. The Morgan fingerprint density at radius 3 is 2.64 bits per heavy atom. The van der Waals surface area contributed by atoms with Crippen molar-refractivity contribution < 1.29 is 9.53 Å². The summed E-state index contributed by atoms with van der Waals surface area (Å²) in [5, 5.41) is 9.30. The van der Waals surface area contributed by atoms with Crippen molar-refractivity contribution in [1.82, 2.24) is 0 Å². The van der Waals surface area contributed by atoms with Gasteiger partial charge in [-0.25, -0.2) is 4.79 Å². The van der Waals surface area contributed by atoms with Gasteiger partial charge in [0, 0.05) is 5.57 Å². The van der Waals surface area contributed by atoms with Crippen molar-refractivity contribution in [3.8, 4) is 6.07 Å². The van der Waals surface area contributed by atoms with Gasteiger partial charge in [-0.3, -0.25) is 0 Å². The number of methoxy groups -OCH3 is 1. The van der Waals surface area contributed by atoms with Crippen LogP contribution in [0.4, 0.5) is 0 Å². The van der Waals surface area contributed by atoms with Crippen LogP contribution in [0.1, 0.15) is 26.7 Å². The molecule has 0 aromatic heterocycles. The van der Waals surface area contributed by atoms with Crippen LogP contribution in [-0.4, -0.2) is 13.1 Å². The maximum absolute atomic E-state index is 11.7. The Balaban J connectivity index is 3.38. The first-order chi connectivity index (χ1) is 10.6. The molecule has 3 heteroatoms. The fourth-order valence-corrected chi connectivity index (χ4v) is 2.22. The highest BCUT2D eigenvalue weighted by atomic mass is 16.5. The molecule has 0 aromatic carbocycles. The molecule has 114 valence electrons. The van der Waals surface area contributed by atoms with Crippen molar-refractivity contribution in [1.29, 1.82) is 5.26 Å². The summed E-state index contributed by atoms with van der Waals surface area (Å²) in [5.41, 5.74) is 4.13. The lowest BCUT2D eigenvalue weighted by Crippen LogP contribution is -2.05. The average molecular weight is 295 g/mol. The number of carbonyl (C=O) groups is 1. The van der Waals surface area contributed by atoms with Gasteiger partial charge in [-0.05, 0) is 37.8 Å². The third-order valence-electron chi connectivity index (χ3n) is 3.40. The van der Waals surface area contributed by atoms with Gasteiger partial charge in [-0.1, -0.05) is 48.6 Å². The van der Waals surface area contributed by atoms with E-state index in [9.17, 15) is 10.1 Å². The van der Waals surface area contributed by atoms with Gasteiger partial charge < -0.3 is 4.74 Å². The summed E-state index contributed by atoms with van der Waals surface area (Å²) in [6.45, 7) is 7.57. The minimum atomic E-state index is -0.331. The van der Waals surface area contributed by atoms with E-state index < -0.39 is 0 Å². The van der Waals surface area contributed by atoms with Crippen LogP contribution in [0, 0.1) is 11.3 Å². The van der Waals surface area contributed by atoms with Gasteiger partial charge in [-0.15, -0.1) is 0 Å². The number of ether oxygens (including phenoxy) is 1. The first-order valence-corrected chi connectivity index (χ1v) is 7.10. The predicted octanol–water partition coefficient (Wildman–Crippen LogP) is 4.33. The highest BCUT2D eigenvalue weighted by Crippen LogP contribution is 2.28. The molecule has 0 amide bonds. The van der Waals surface area contributed by atoms with Crippen molar-refractivity contribution in [2.45, 2.75) is 26.7 Å². The van der Waals surface area contributed by atoms with Crippen molar-refractivity contribution >= 4 is 5.97 Å². The number of esters is 1. The van der Waals surface area contributed by atoms with Crippen LogP contribution in [0.15, 0.2) is 70.9 Å². The molecule has 0 bridgehead atoms. The number of nitriles is 1. The number of nitrogens with zero attached hydrogens (tertiary/aromatic N) is 1. The summed E-state index contributed by atoms with van der Waals surface area (Å²) in [6, 6.07) is 2.20. The van der Waals surface area contributed by atoms with E-state index in [0.717, 1.165) is 23.1 Å². The Labute approximate surface area is 132 Å². The van der Waals surface area contributed by atoms with Crippen LogP contribution in [-0.2, 0) is 9.53 Å². The second-order valence-corrected chi connectivity index (χ2v) is 4.94. The molecule has 0 fully saturated rings. The second-order valence-electron chi connectivity index (χ2n) is 4.94. The first kappa shape index (κ1) is 17.5. The van der Waals surface area contributed by atoms with Gasteiger partial charge in [0.15, 0.2) is 0 Å². The topological polar surface area (TPSA) is 50.1 Å². The van der Waals surface area contributed by atoms with E-state index in [0.29, 0.717) is 17.6 Å². The minimum absolute atomic E-state index is 0.331.